The molecule has 4 aromatic rings. The average molecular weight is 476 g/mol. The third-order valence-electron chi connectivity index (χ3n) is 5.28. The van der Waals surface area contributed by atoms with Crippen molar-refractivity contribution in [2.75, 3.05) is 20.1 Å². The van der Waals surface area contributed by atoms with Gasteiger partial charge in [-0.3, -0.25) is 14.2 Å². The molecule has 1 amide bonds. The second-order valence-corrected chi connectivity index (χ2v) is 7.83. The number of hydrogen-bond acceptors (Lipinski definition) is 8. The Morgan fingerprint density at radius 1 is 1.06 bits per heavy atom. The second kappa shape index (κ2) is 10.7. The predicted molar refractivity (Wildman–Crippen MR) is 128 cm³/mol. The lowest BCUT2D eigenvalue weighted by molar-refractivity contribution is 0.0905. The van der Waals surface area contributed by atoms with E-state index >= 15 is 0 Å². The molecule has 0 fully saturated rings. The first-order valence-electron chi connectivity index (χ1n) is 11.1. The number of carbonyl (C=O) groups is 1. The van der Waals surface area contributed by atoms with Crippen molar-refractivity contribution in [1.29, 1.82) is 0 Å². The standard InChI is InChI=1S/C24H25N7O4/c1-3-30-23(33)19(27-31(24(30)34)18-12-8-5-9-13-18)20-26-22(35-28-20)21(32)25-14-15-29(2)16-17-10-6-4-7-11-17/h4-13H,3,14-16H2,1-2H3,(H,25,32). The van der Waals surface area contributed by atoms with Gasteiger partial charge in [0, 0.05) is 26.2 Å². The zero-order valence-corrected chi connectivity index (χ0v) is 19.4. The highest BCUT2D eigenvalue weighted by Gasteiger charge is 2.22. The Balaban J connectivity index is 1.48. The molecular weight excluding hydrogens is 450 g/mol. The van der Waals surface area contributed by atoms with Crippen molar-refractivity contribution in [1.82, 2.24) is 34.7 Å². The Morgan fingerprint density at radius 3 is 2.43 bits per heavy atom. The van der Waals surface area contributed by atoms with Crippen LogP contribution in [0.3, 0.4) is 0 Å². The van der Waals surface area contributed by atoms with E-state index in [1.54, 1.807) is 37.3 Å². The third-order valence-corrected chi connectivity index (χ3v) is 5.28. The fourth-order valence-corrected chi connectivity index (χ4v) is 3.49. The third kappa shape index (κ3) is 5.41. The minimum atomic E-state index is -0.667. The van der Waals surface area contributed by atoms with E-state index in [-0.39, 0.29) is 24.0 Å². The van der Waals surface area contributed by atoms with Gasteiger partial charge >= 0.3 is 17.5 Å². The monoisotopic (exact) mass is 475 g/mol. The Labute approximate surface area is 200 Å². The Bertz CT molecular complexity index is 1410. The summed E-state index contributed by atoms with van der Waals surface area (Å²) in [5, 5.41) is 10.7. The summed E-state index contributed by atoms with van der Waals surface area (Å²) >= 11 is 0. The van der Waals surface area contributed by atoms with Gasteiger partial charge in [-0.05, 0) is 31.7 Å². The van der Waals surface area contributed by atoms with Crippen LogP contribution >= 0.6 is 0 Å². The Hall–Kier alpha value is -4.38. The highest BCUT2D eigenvalue weighted by molar-refractivity contribution is 5.89. The number of nitrogens with zero attached hydrogens (tertiary/aromatic N) is 6. The molecule has 2 aromatic carbocycles. The minimum absolute atomic E-state index is 0.127. The van der Waals surface area contributed by atoms with Crippen molar-refractivity contribution in [2.24, 2.45) is 0 Å². The number of benzene rings is 2. The van der Waals surface area contributed by atoms with Gasteiger partial charge in [0.15, 0.2) is 5.69 Å². The van der Waals surface area contributed by atoms with Crippen LogP contribution in [0, 0.1) is 0 Å². The number of likely N-dealkylation sites (N-methyl/N-ethyl adjacent to an activating group) is 1. The van der Waals surface area contributed by atoms with E-state index in [1.807, 2.05) is 37.4 Å². The van der Waals surface area contributed by atoms with Crippen LogP contribution in [0.25, 0.3) is 17.2 Å². The van der Waals surface area contributed by atoms with E-state index in [1.165, 1.54) is 5.56 Å². The van der Waals surface area contributed by atoms with Crippen LogP contribution in [0.5, 0.6) is 0 Å². The zero-order valence-electron chi connectivity index (χ0n) is 19.4. The van der Waals surface area contributed by atoms with Crippen LogP contribution in [-0.4, -0.2) is 55.4 Å². The molecule has 0 aliphatic carbocycles. The summed E-state index contributed by atoms with van der Waals surface area (Å²) < 4.78 is 7.19. The van der Waals surface area contributed by atoms with E-state index < -0.39 is 17.2 Å². The van der Waals surface area contributed by atoms with Crippen molar-refractivity contribution in [2.45, 2.75) is 20.0 Å². The molecular formula is C24H25N7O4. The average Bonchev–Trinajstić information content (AvgIpc) is 3.36. The zero-order chi connectivity index (χ0) is 24.8. The van der Waals surface area contributed by atoms with Crippen LogP contribution in [-0.2, 0) is 13.1 Å². The summed E-state index contributed by atoms with van der Waals surface area (Å²) in [6.45, 7) is 3.51. The van der Waals surface area contributed by atoms with Crippen LogP contribution < -0.4 is 16.6 Å². The fraction of sp³-hybridized carbons (Fsp3) is 0.250. The van der Waals surface area contributed by atoms with Gasteiger partial charge in [-0.15, -0.1) is 0 Å². The van der Waals surface area contributed by atoms with Gasteiger partial charge in [0.25, 0.3) is 5.56 Å². The van der Waals surface area contributed by atoms with Crippen LogP contribution in [0.4, 0.5) is 0 Å². The van der Waals surface area contributed by atoms with Gasteiger partial charge in [-0.1, -0.05) is 53.7 Å². The van der Waals surface area contributed by atoms with E-state index in [9.17, 15) is 14.4 Å². The first-order valence-corrected chi connectivity index (χ1v) is 11.1. The molecule has 2 heterocycles. The smallest absolute Gasteiger partial charge is 0.347 e. The maximum absolute atomic E-state index is 12.8. The van der Waals surface area contributed by atoms with Crippen LogP contribution in [0.15, 0.2) is 74.8 Å². The molecule has 0 aliphatic heterocycles. The summed E-state index contributed by atoms with van der Waals surface area (Å²) in [5.74, 6) is -1.04. The van der Waals surface area contributed by atoms with E-state index in [0.29, 0.717) is 18.8 Å². The minimum Gasteiger partial charge on any atom is -0.347 e. The maximum atomic E-state index is 12.8. The number of rotatable bonds is 9. The number of para-hydroxylation sites is 1. The lowest BCUT2D eigenvalue weighted by Crippen LogP contribution is -2.41. The molecule has 11 heteroatoms. The van der Waals surface area contributed by atoms with Crippen molar-refractivity contribution in [3.63, 3.8) is 0 Å². The number of aromatic nitrogens is 5. The quantitative estimate of drug-likeness (QED) is 0.384. The van der Waals surface area contributed by atoms with Crippen molar-refractivity contribution in [3.8, 4) is 17.2 Å². The highest BCUT2D eigenvalue weighted by Crippen LogP contribution is 2.10. The molecule has 0 saturated carbocycles. The Kier molecular flexibility index (Phi) is 7.27. The molecule has 0 aliphatic rings. The topological polar surface area (TPSA) is 128 Å². The normalized spacial score (nSPS) is 11.1. The number of amides is 1. The molecule has 0 unspecified atom stereocenters. The van der Waals surface area contributed by atoms with E-state index in [4.69, 9.17) is 4.52 Å². The molecule has 180 valence electrons. The largest absolute Gasteiger partial charge is 0.352 e. The van der Waals surface area contributed by atoms with Gasteiger partial charge in [0.05, 0.1) is 5.69 Å². The van der Waals surface area contributed by atoms with Gasteiger partial charge in [0.1, 0.15) is 0 Å². The predicted octanol–water partition coefficient (Wildman–Crippen LogP) is 1.33. The molecule has 4 rings (SSSR count). The molecule has 0 spiro atoms. The molecule has 0 bridgehead atoms. The first kappa shape index (κ1) is 23.8. The number of hydrogen-bond donors (Lipinski definition) is 1. The summed E-state index contributed by atoms with van der Waals surface area (Å²) in [6.07, 6.45) is 0. The molecule has 35 heavy (non-hydrogen) atoms. The molecule has 0 saturated heterocycles. The lowest BCUT2D eigenvalue weighted by Gasteiger charge is -2.16. The molecule has 0 atom stereocenters. The van der Waals surface area contributed by atoms with Crippen molar-refractivity contribution < 1.29 is 9.32 Å². The van der Waals surface area contributed by atoms with E-state index in [0.717, 1.165) is 15.8 Å². The van der Waals surface area contributed by atoms with Gasteiger partial charge in [-0.25, -0.2) is 4.79 Å². The van der Waals surface area contributed by atoms with Gasteiger partial charge in [0.2, 0.25) is 5.82 Å². The van der Waals surface area contributed by atoms with Crippen LogP contribution in [0.2, 0.25) is 0 Å². The summed E-state index contributed by atoms with van der Waals surface area (Å²) in [4.78, 5) is 44.2. The maximum Gasteiger partial charge on any atom is 0.352 e. The summed E-state index contributed by atoms with van der Waals surface area (Å²) in [6, 6.07) is 18.7. The number of nitrogens with one attached hydrogen (secondary N) is 1. The van der Waals surface area contributed by atoms with Crippen molar-refractivity contribution >= 4 is 5.91 Å². The van der Waals surface area contributed by atoms with Gasteiger partial charge < -0.3 is 14.7 Å². The first-order chi connectivity index (χ1) is 17.0. The summed E-state index contributed by atoms with van der Waals surface area (Å²) in [7, 11) is 1.95. The van der Waals surface area contributed by atoms with Gasteiger partial charge in [-0.2, -0.15) is 14.8 Å². The molecule has 1 N–H and O–H groups in total. The molecule has 11 nitrogen and oxygen atoms in total. The summed E-state index contributed by atoms with van der Waals surface area (Å²) in [5.41, 5.74) is 0.196. The lowest BCUT2D eigenvalue weighted by atomic mass is 10.2. The van der Waals surface area contributed by atoms with Crippen LogP contribution in [0.1, 0.15) is 23.2 Å². The van der Waals surface area contributed by atoms with Crippen molar-refractivity contribution in [3.05, 3.63) is 93.0 Å². The van der Waals surface area contributed by atoms with E-state index in [2.05, 4.69) is 25.5 Å². The fourth-order valence-electron chi connectivity index (χ4n) is 3.49. The number of carbonyl (C=O) groups excluding carboxylic acids is 1. The SMILES string of the molecule is CCn1c(=O)c(-c2noc(C(=O)NCCN(C)Cc3ccccc3)n2)nn(-c2ccccc2)c1=O. The molecule has 0 radical (unpaired) electrons. The highest BCUT2D eigenvalue weighted by atomic mass is 16.5. The second-order valence-electron chi connectivity index (χ2n) is 7.83. The molecule has 2 aromatic heterocycles. The Morgan fingerprint density at radius 2 is 1.74 bits per heavy atom.